The van der Waals surface area contributed by atoms with E-state index in [1.54, 1.807) is 4.68 Å². The molecule has 0 aliphatic heterocycles. The maximum Gasteiger partial charge on any atom is 0.138 e. The molecule has 0 aliphatic carbocycles. The zero-order chi connectivity index (χ0) is 5.98. The van der Waals surface area contributed by atoms with Gasteiger partial charge in [-0.2, -0.15) is 5.10 Å². The van der Waals surface area contributed by atoms with Gasteiger partial charge in [-0.1, -0.05) is 15.9 Å². The Balaban J connectivity index is 2.92. The summed E-state index contributed by atoms with van der Waals surface area (Å²) in [6.45, 7) is 0. The summed E-state index contributed by atoms with van der Waals surface area (Å²) in [5.41, 5.74) is 0. The number of nitrogens with zero attached hydrogens (tertiary/aromatic N) is 3. The van der Waals surface area contributed by atoms with Gasteiger partial charge < -0.3 is 0 Å². The molecule has 1 aromatic heterocycles. The zero-order valence-electron chi connectivity index (χ0n) is 4.50. The molecule has 0 N–H and O–H groups in total. The third-order valence-electron chi connectivity index (χ3n) is 0.925. The fourth-order valence-electron chi connectivity index (χ4n) is 0.441. The molecule has 3 nitrogen and oxygen atoms in total. The first-order valence-corrected chi connectivity index (χ1v) is 3.35. The van der Waals surface area contributed by atoms with Crippen LogP contribution in [0.3, 0.4) is 0 Å². The largest absolute Gasteiger partial charge is 0.252 e. The van der Waals surface area contributed by atoms with E-state index >= 15 is 0 Å². The van der Waals surface area contributed by atoms with Crippen molar-refractivity contribution in [1.82, 2.24) is 14.8 Å². The molecule has 4 heteroatoms. The van der Waals surface area contributed by atoms with E-state index in [0.717, 1.165) is 11.2 Å². The number of halogens is 1. The highest BCUT2D eigenvalue weighted by atomic mass is 79.9. The Morgan fingerprint density at radius 1 is 1.88 bits per heavy atom. The minimum Gasteiger partial charge on any atom is -0.252 e. The summed E-state index contributed by atoms with van der Waals surface area (Å²) in [6, 6.07) is 0. The molecule has 1 rings (SSSR count). The van der Waals surface area contributed by atoms with Crippen molar-refractivity contribution in [2.75, 3.05) is 0 Å². The maximum absolute atomic E-state index is 3.94. The number of hydrogen-bond donors (Lipinski definition) is 0. The first-order valence-electron chi connectivity index (χ1n) is 2.23. The third kappa shape index (κ3) is 0.888. The molecule has 0 aromatic carbocycles. The molecule has 0 atom stereocenters. The molecule has 0 radical (unpaired) electrons. The Hall–Kier alpha value is -0.380. The van der Waals surface area contributed by atoms with Crippen LogP contribution in [0.25, 0.3) is 0 Å². The Kier molecular flexibility index (Phi) is 1.62. The number of hydrogen-bond acceptors (Lipinski definition) is 2. The van der Waals surface area contributed by atoms with Gasteiger partial charge in [0.25, 0.3) is 0 Å². The van der Waals surface area contributed by atoms with Crippen LogP contribution in [-0.2, 0) is 12.4 Å². The van der Waals surface area contributed by atoms with Crippen LogP contribution in [-0.4, -0.2) is 14.8 Å². The van der Waals surface area contributed by atoms with Crippen LogP contribution in [0.4, 0.5) is 0 Å². The van der Waals surface area contributed by atoms with Crippen molar-refractivity contribution in [3.63, 3.8) is 0 Å². The van der Waals surface area contributed by atoms with Gasteiger partial charge in [-0.15, -0.1) is 0 Å². The average molecular weight is 176 g/mol. The van der Waals surface area contributed by atoms with Crippen molar-refractivity contribution in [3.8, 4) is 0 Å². The lowest BCUT2D eigenvalue weighted by molar-refractivity contribution is 0.731. The molecule has 0 saturated heterocycles. The molecule has 0 spiro atoms. The monoisotopic (exact) mass is 175 g/mol. The summed E-state index contributed by atoms with van der Waals surface area (Å²) in [5, 5.41) is 4.63. The van der Waals surface area contributed by atoms with E-state index in [4.69, 9.17) is 0 Å². The molecule has 0 bridgehead atoms. The Labute approximate surface area is 55.9 Å². The summed E-state index contributed by atoms with van der Waals surface area (Å²) in [7, 11) is 1.86. The lowest BCUT2D eigenvalue weighted by Crippen LogP contribution is -1.95. The highest BCUT2D eigenvalue weighted by Crippen LogP contribution is 1.96. The van der Waals surface area contributed by atoms with E-state index in [1.165, 1.54) is 6.33 Å². The molecule has 0 amide bonds. The summed E-state index contributed by atoms with van der Waals surface area (Å²) < 4.78 is 1.73. The second-order valence-corrected chi connectivity index (χ2v) is 1.99. The van der Waals surface area contributed by atoms with Crippen LogP contribution in [0.1, 0.15) is 5.82 Å². The van der Waals surface area contributed by atoms with Gasteiger partial charge >= 0.3 is 0 Å². The maximum atomic E-state index is 3.94. The Morgan fingerprint density at radius 2 is 2.62 bits per heavy atom. The highest BCUT2D eigenvalue weighted by molar-refractivity contribution is 9.08. The van der Waals surface area contributed by atoms with E-state index in [1.807, 2.05) is 7.05 Å². The lowest BCUT2D eigenvalue weighted by atomic mass is 10.7. The van der Waals surface area contributed by atoms with Crippen LogP contribution in [0, 0.1) is 0 Å². The minimum atomic E-state index is 0.767. The molecular weight excluding hydrogens is 170 g/mol. The van der Waals surface area contributed by atoms with Crippen molar-refractivity contribution < 1.29 is 0 Å². The van der Waals surface area contributed by atoms with E-state index < -0.39 is 0 Å². The average Bonchev–Trinajstić information content (AvgIpc) is 2.14. The molecule has 1 heterocycles. The molecular formula is C4H6BrN3. The van der Waals surface area contributed by atoms with E-state index in [9.17, 15) is 0 Å². The normalized spacial score (nSPS) is 9.75. The summed E-state index contributed by atoms with van der Waals surface area (Å²) >= 11 is 3.26. The van der Waals surface area contributed by atoms with Gasteiger partial charge in [-0.05, 0) is 0 Å². The van der Waals surface area contributed by atoms with Crippen molar-refractivity contribution >= 4 is 15.9 Å². The quantitative estimate of drug-likeness (QED) is 0.590. The lowest BCUT2D eigenvalue weighted by Gasteiger charge is -1.89. The van der Waals surface area contributed by atoms with E-state index in [2.05, 4.69) is 26.0 Å². The third-order valence-corrected chi connectivity index (χ3v) is 1.43. The molecule has 0 fully saturated rings. The smallest absolute Gasteiger partial charge is 0.138 e. The molecule has 44 valence electrons. The van der Waals surface area contributed by atoms with Crippen LogP contribution in [0.5, 0.6) is 0 Å². The summed E-state index contributed by atoms with van der Waals surface area (Å²) in [6.07, 6.45) is 1.54. The van der Waals surface area contributed by atoms with Crippen molar-refractivity contribution in [3.05, 3.63) is 12.2 Å². The molecule has 0 aliphatic rings. The second kappa shape index (κ2) is 2.26. The Bertz CT molecular complexity index is 172. The van der Waals surface area contributed by atoms with Gasteiger partial charge in [0.1, 0.15) is 12.2 Å². The number of aryl methyl sites for hydroxylation is 1. The van der Waals surface area contributed by atoms with Gasteiger partial charge in [0.15, 0.2) is 0 Å². The van der Waals surface area contributed by atoms with Crippen LogP contribution < -0.4 is 0 Å². The first-order chi connectivity index (χ1) is 3.84. The number of alkyl halides is 1. The van der Waals surface area contributed by atoms with Crippen LogP contribution >= 0.6 is 15.9 Å². The Morgan fingerprint density at radius 3 is 2.88 bits per heavy atom. The minimum absolute atomic E-state index is 0.767. The number of aromatic nitrogens is 3. The van der Waals surface area contributed by atoms with Gasteiger partial charge in [0, 0.05) is 7.05 Å². The van der Waals surface area contributed by atoms with Crippen LogP contribution in [0.15, 0.2) is 6.33 Å². The second-order valence-electron chi connectivity index (χ2n) is 1.43. The zero-order valence-corrected chi connectivity index (χ0v) is 6.09. The standard InChI is InChI=1S/C4H6BrN3/c1-8-4(2-5)6-3-7-8/h3H,2H2,1H3. The molecule has 0 saturated carbocycles. The van der Waals surface area contributed by atoms with Crippen molar-refractivity contribution in [2.24, 2.45) is 7.05 Å². The van der Waals surface area contributed by atoms with E-state index in [-0.39, 0.29) is 0 Å². The first kappa shape index (κ1) is 5.75. The van der Waals surface area contributed by atoms with Gasteiger partial charge in [-0.3, -0.25) is 4.68 Å². The van der Waals surface area contributed by atoms with Crippen molar-refractivity contribution in [1.29, 1.82) is 0 Å². The molecule has 0 unspecified atom stereocenters. The SMILES string of the molecule is Cn1ncnc1CBr. The number of rotatable bonds is 1. The molecule has 8 heavy (non-hydrogen) atoms. The van der Waals surface area contributed by atoms with E-state index in [0.29, 0.717) is 0 Å². The molecule has 1 aromatic rings. The van der Waals surface area contributed by atoms with Crippen molar-refractivity contribution in [2.45, 2.75) is 5.33 Å². The topological polar surface area (TPSA) is 30.7 Å². The van der Waals surface area contributed by atoms with Crippen LogP contribution in [0.2, 0.25) is 0 Å². The predicted molar refractivity (Wildman–Crippen MR) is 33.6 cm³/mol. The predicted octanol–water partition coefficient (Wildman–Crippen LogP) is 0.710. The summed E-state index contributed by atoms with van der Waals surface area (Å²) in [5.74, 6) is 0.949. The van der Waals surface area contributed by atoms with Gasteiger partial charge in [-0.25, -0.2) is 4.98 Å². The highest BCUT2D eigenvalue weighted by Gasteiger charge is 1.93. The fourth-order valence-corrected chi connectivity index (χ4v) is 0.949. The fraction of sp³-hybridized carbons (Fsp3) is 0.500. The summed E-state index contributed by atoms with van der Waals surface area (Å²) in [4.78, 5) is 3.94. The van der Waals surface area contributed by atoms with Gasteiger partial charge in [0.2, 0.25) is 0 Å². The van der Waals surface area contributed by atoms with Gasteiger partial charge in [0.05, 0.1) is 5.33 Å².